The van der Waals surface area contributed by atoms with Gasteiger partial charge in [-0.1, -0.05) is 0 Å². The molecule has 23 heavy (non-hydrogen) atoms. The van der Waals surface area contributed by atoms with Crippen molar-refractivity contribution in [2.75, 3.05) is 65.5 Å². The predicted octanol–water partition coefficient (Wildman–Crippen LogP) is -0.172. The van der Waals surface area contributed by atoms with Crippen LogP contribution in [0.2, 0.25) is 0 Å². The van der Waals surface area contributed by atoms with E-state index in [9.17, 15) is 9.59 Å². The molecule has 0 aromatic rings. The largest absolute Gasteiger partial charge is 0.448 e. The molecule has 2 bridgehead atoms. The van der Waals surface area contributed by atoms with Gasteiger partial charge in [0, 0.05) is 52.7 Å². The Hall–Kier alpha value is -1.34. The lowest BCUT2D eigenvalue weighted by Gasteiger charge is -2.41. The molecule has 0 radical (unpaired) electrons. The van der Waals surface area contributed by atoms with E-state index in [4.69, 9.17) is 4.74 Å². The highest BCUT2D eigenvalue weighted by atomic mass is 16.6. The number of rotatable bonds is 3. The number of hydrogen-bond acceptors (Lipinski definition) is 5. The van der Waals surface area contributed by atoms with Gasteiger partial charge in [-0.25, -0.2) is 4.79 Å². The van der Waals surface area contributed by atoms with E-state index in [1.54, 1.807) is 6.92 Å². The van der Waals surface area contributed by atoms with E-state index in [0.29, 0.717) is 18.4 Å². The standard InChI is InChI=1S/C16H28N4O3/c1-13(21)19-4-2-18(3-5-19)6-7-23-16(22)20-11-14-8-15(12-20)10-17-9-14/h14-15,17H,2-12H2,1H3. The van der Waals surface area contributed by atoms with Crippen LogP contribution in [0.4, 0.5) is 4.79 Å². The molecule has 3 aliphatic heterocycles. The van der Waals surface area contributed by atoms with Crippen LogP contribution in [-0.2, 0) is 9.53 Å². The molecule has 0 spiro atoms. The lowest BCUT2D eigenvalue weighted by molar-refractivity contribution is -0.130. The minimum Gasteiger partial charge on any atom is -0.448 e. The average molecular weight is 324 g/mol. The zero-order chi connectivity index (χ0) is 16.2. The quantitative estimate of drug-likeness (QED) is 0.781. The van der Waals surface area contributed by atoms with Gasteiger partial charge in [-0.2, -0.15) is 0 Å². The summed E-state index contributed by atoms with van der Waals surface area (Å²) in [4.78, 5) is 29.5. The number of piperazine rings is 1. The Labute approximate surface area is 137 Å². The second kappa shape index (κ2) is 7.49. The lowest BCUT2D eigenvalue weighted by atomic mass is 9.86. The first-order valence-electron chi connectivity index (χ1n) is 8.72. The molecule has 0 saturated carbocycles. The van der Waals surface area contributed by atoms with Crippen LogP contribution in [0.3, 0.4) is 0 Å². The minimum absolute atomic E-state index is 0.140. The Balaban J connectivity index is 1.34. The molecule has 1 N–H and O–H groups in total. The second-order valence-corrected chi connectivity index (χ2v) is 6.99. The van der Waals surface area contributed by atoms with Crippen LogP contribution in [0.25, 0.3) is 0 Å². The maximum Gasteiger partial charge on any atom is 0.409 e. The third kappa shape index (κ3) is 4.35. The smallest absolute Gasteiger partial charge is 0.409 e. The summed E-state index contributed by atoms with van der Waals surface area (Å²) in [6, 6.07) is 0. The summed E-state index contributed by atoms with van der Waals surface area (Å²) in [5.41, 5.74) is 0. The maximum atomic E-state index is 12.2. The highest BCUT2D eigenvalue weighted by molar-refractivity contribution is 5.73. The number of amides is 2. The van der Waals surface area contributed by atoms with Crippen molar-refractivity contribution in [3.8, 4) is 0 Å². The van der Waals surface area contributed by atoms with E-state index in [-0.39, 0.29) is 12.0 Å². The third-order valence-electron chi connectivity index (χ3n) is 5.20. The molecule has 3 saturated heterocycles. The summed E-state index contributed by atoms with van der Waals surface area (Å²) >= 11 is 0. The van der Waals surface area contributed by atoms with Crippen LogP contribution in [0.15, 0.2) is 0 Å². The number of fused-ring (bicyclic) bond motifs is 2. The fourth-order valence-corrected chi connectivity index (χ4v) is 3.89. The van der Waals surface area contributed by atoms with E-state index in [1.165, 1.54) is 6.42 Å². The maximum absolute atomic E-state index is 12.2. The van der Waals surface area contributed by atoms with Crippen molar-refractivity contribution in [3.63, 3.8) is 0 Å². The predicted molar refractivity (Wildman–Crippen MR) is 86.1 cm³/mol. The van der Waals surface area contributed by atoms with Gasteiger partial charge in [0.1, 0.15) is 6.61 Å². The summed E-state index contributed by atoms with van der Waals surface area (Å²) in [6.07, 6.45) is 1.07. The van der Waals surface area contributed by atoms with Crippen LogP contribution in [0.5, 0.6) is 0 Å². The number of piperidine rings is 2. The molecule has 2 amide bonds. The highest BCUT2D eigenvalue weighted by Gasteiger charge is 2.33. The van der Waals surface area contributed by atoms with Gasteiger partial charge in [0.05, 0.1) is 0 Å². The van der Waals surface area contributed by atoms with Crippen molar-refractivity contribution in [2.45, 2.75) is 13.3 Å². The summed E-state index contributed by atoms with van der Waals surface area (Å²) in [5.74, 6) is 1.30. The van der Waals surface area contributed by atoms with Gasteiger partial charge in [0.2, 0.25) is 5.91 Å². The molecule has 130 valence electrons. The number of nitrogens with one attached hydrogen (secondary N) is 1. The van der Waals surface area contributed by atoms with E-state index in [1.807, 2.05) is 9.80 Å². The van der Waals surface area contributed by atoms with Crippen LogP contribution < -0.4 is 5.32 Å². The second-order valence-electron chi connectivity index (χ2n) is 6.99. The molecule has 3 rings (SSSR count). The molecular formula is C16H28N4O3. The third-order valence-corrected chi connectivity index (χ3v) is 5.20. The zero-order valence-electron chi connectivity index (χ0n) is 14.0. The van der Waals surface area contributed by atoms with Crippen molar-refractivity contribution in [3.05, 3.63) is 0 Å². The van der Waals surface area contributed by atoms with Gasteiger partial charge in [0.15, 0.2) is 0 Å². The van der Waals surface area contributed by atoms with E-state index in [0.717, 1.165) is 58.9 Å². The van der Waals surface area contributed by atoms with Crippen molar-refractivity contribution in [1.82, 2.24) is 20.0 Å². The summed E-state index contributed by atoms with van der Waals surface area (Å²) in [5, 5.41) is 3.43. The molecule has 7 heteroatoms. The van der Waals surface area contributed by atoms with Gasteiger partial charge in [-0.05, 0) is 31.3 Å². The number of carbonyl (C=O) groups is 2. The molecule has 0 aromatic carbocycles. The Bertz CT molecular complexity index is 425. The van der Waals surface area contributed by atoms with Crippen LogP contribution in [-0.4, -0.2) is 92.2 Å². The Kier molecular flexibility index (Phi) is 5.38. The van der Waals surface area contributed by atoms with Gasteiger partial charge in [-0.15, -0.1) is 0 Å². The number of hydrogen-bond donors (Lipinski definition) is 1. The average Bonchev–Trinajstić information content (AvgIpc) is 2.55. The molecule has 2 unspecified atom stereocenters. The Morgan fingerprint density at radius 1 is 1.04 bits per heavy atom. The molecule has 0 aliphatic carbocycles. The number of nitrogens with zero attached hydrogens (tertiary/aromatic N) is 3. The van der Waals surface area contributed by atoms with Crippen molar-refractivity contribution in [2.24, 2.45) is 11.8 Å². The van der Waals surface area contributed by atoms with Crippen molar-refractivity contribution in [1.29, 1.82) is 0 Å². The fourth-order valence-electron chi connectivity index (χ4n) is 3.89. The van der Waals surface area contributed by atoms with E-state index >= 15 is 0 Å². The Morgan fingerprint density at radius 3 is 2.30 bits per heavy atom. The molecule has 3 fully saturated rings. The monoisotopic (exact) mass is 324 g/mol. The van der Waals surface area contributed by atoms with Crippen LogP contribution >= 0.6 is 0 Å². The van der Waals surface area contributed by atoms with Gasteiger partial charge >= 0.3 is 6.09 Å². The summed E-state index contributed by atoms with van der Waals surface area (Å²) < 4.78 is 5.47. The zero-order valence-corrected chi connectivity index (χ0v) is 14.0. The van der Waals surface area contributed by atoms with Crippen molar-refractivity contribution >= 4 is 12.0 Å². The van der Waals surface area contributed by atoms with Gasteiger partial charge in [0.25, 0.3) is 0 Å². The van der Waals surface area contributed by atoms with Crippen molar-refractivity contribution < 1.29 is 14.3 Å². The topological polar surface area (TPSA) is 65.1 Å². The highest BCUT2D eigenvalue weighted by Crippen LogP contribution is 2.24. The van der Waals surface area contributed by atoms with Crippen LogP contribution in [0, 0.1) is 11.8 Å². The lowest BCUT2D eigenvalue weighted by Crippen LogP contribution is -2.53. The summed E-state index contributed by atoms with van der Waals surface area (Å²) in [6.45, 7) is 9.72. The molecule has 3 aliphatic rings. The first-order valence-corrected chi connectivity index (χ1v) is 8.72. The summed E-state index contributed by atoms with van der Waals surface area (Å²) in [7, 11) is 0. The molecule has 2 atom stereocenters. The van der Waals surface area contributed by atoms with Crippen LogP contribution in [0.1, 0.15) is 13.3 Å². The Morgan fingerprint density at radius 2 is 1.70 bits per heavy atom. The number of carbonyl (C=O) groups excluding carboxylic acids is 2. The molecule has 0 aromatic heterocycles. The molecule has 7 nitrogen and oxygen atoms in total. The first-order chi connectivity index (χ1) is 11.1. The van der Waals surface area contributed by atoms with E-state index < -0.39 is 0 Å². The molecule has 3 heterocycles. The first kappa shape index (κ1) is 16.5. The normalized spacial score (nSPS) is 28.6. The van der Waals surface area contributed by atoms with E-state index in [2.05, 4.69) is 10.2 Å². The van der Waals surface area contributed by atoms with Gasteiger partial charge in [-0.3, -0.25) is 9.69 Å². The minimum atomic E-state index is -0.163. The number of likely N-dealkylation sites (tertiary alicyclic amines) is 1. The molecular weight excluding hydrogens is 296 g/mol. The SMILES string of the molecule is CC(=O)N1CCN(CCOC(=O)N2CC3CNCC(C3)C2)CC1. The van der Waals surface area contributed by atoms with Gasteiger partial charge < -0.3 is 19.9 Å². The number of ether oxygens (including phenoxy) is 1. The fraction of sp³-hybridized carbons (Fsp3) is 0.875.